The van der Waals surface area contributed by atoms with Crippen LogP contribution in [0.5, 0.6) is 0 Å². The molecule has 0 saturated carbocycles. The largest absolute Gasteiger partial charge is 0.375 e. The lowest BCUT2D eigenvalue weighted by Gasteiger charge is -2.43. The number of nitrogens with zero attached hydrogens (tertiary/aromatic N) is 3. The van der Waals surface area contributed by atoms with E-state index in [9.17, 15) is 0 Å². The van der Waals surface area contributed by atoms with Gasteiger partial charge >= 0.3 is 6.85 Å². The van der Waals surface area contributed by atoms with Gasteiger partial charge in [-0.25, -0.2) is 0 Å². The molecule has 0 radical (unpaired) electrons. The summed E-state index contributed by atoms with van der Waals surface area (Å²) in [6.07, 6.45) is 0. The van der Waals surface area contributed by atoms with Gasteiger partial charge in [0.05, 0.1) is 0 Å². The molecule has 9 aromatic carbocycles. The van der Waals surface area contributed by atoms with Gasteiger partial charge in [0.2, 0.25) is 0 Å². The second-order valence-corrected chi connectivity index (χ2v) is 24.3. The summed E-state index contributed by atoms with van der Waals surface area (Å²) in [7, 11) is 0. The Balaban J connectivity index is 1.32. The van der Waals surface area contributed by atoms with Crippen LogP contribution in [0, 0.1) is 0 Å². The molecule has 0 N–H and O–H groups in total. The van der Waals surface area contributed by atoms with Crippen molar-refractivity contribution in [2.45, 2.75) is 105 Å². The first kappa shape index (κ1) is 44.2. The highest BCUT2D eigenvalue weighted by Crippen LogP contribution is 2.52. The molecule has 0 saturated heterocycles. The molecule has 3 nitrogen and oxygen atoms in total. The van der Waals surface area contributed by atoms with Crippen LogP contribution >= 0.6 is 0 Å². The zero-order valence-corrected chi connectivity index (χ0v) is 43.1. The average molecular weight is 910 g/mol. The summed E-state index contributed by atoms with van der Waals surface area (Å²) in [4.78, 5) is 5.14. The van der Waals surface area contributed by atoms with E-state index in [2.05, 4.69) is 267 Å². The molecule has 12 rings (SSSR count). The number of fused-ring (bicyclic) bond motifs is 9. The van der Waals surface area contributed by atoms with Crippen molar-refractivity contribution >= 4 is 95.2 Å². The molecule has 0 atom stereocenters. The summed E-state index contributed by atoms with van der Waals surface area (Å²) in [6, 6.07) is 64.9. The van der Waals surface area contributed by atoms with Crippen molar-refractivity contribution in [1.29, 1.82) is 0 Å². The van der Waals surface area contributed by atoms with Crippen LogP contribution in [0.25, 0.3) is 54.5 Å². The van der Waals surface area contributed by atoms with Crippen molar-refractivity contribution in [2.75, 3.05) is 9.80 Å². The Kier molecular flexibility index (Phi) is 9.62. The minimum atomic E-state index is -0.149. The van der Waals surface area contributed by atoms with Gasteiger partial charge < -0.3 is 14.3 Å². The van der Waals surface area contributed by atoms with Crippen LogP contribution in [0.3, 0.4) is 0 Å². The fourth-order valence-corrected chi connectivity index (χ4v) is 12.3. The zero-order chi connectivity index (χ0) is 48.8. The Morgan fingerprint density at radius 1 is 0.386 bits per heavy atom. The fraction of sp³-hybridized carbons (Fsp3) is 0.242. The van der Waals surface area contributed by atoms with Gasteiger partial charge in [0, 0.05) is 61.5 Å². The monoisotopic (exact) mass is 910 g/mol. The second kappa shape index (κ2) is 15.2. The van der Waals surface area contributed by atoms with Crippen LogP contribution < -0.4 is 20.7 Å². The Labute approximate surface area is 415 Å². The quantitative estimate of drug-likeness (QED) is 0.129. The van der Waals surface area contributed by atoms with Crippen molar-refractivity contribution in [1.82, 2.24) is 4.48 Å². The summed E-state index contributed by atoms with van der Waals surface area (Å²) >= 11 is 0. The molecule has 10 aromatic rings. The molecule has 1 aromatic heterocycles. The standard InChI is InChI=1S/C66H64BN3/c1-63(2,3)41-34-42(64(4,5)6)36-45(35-41)69-57-40-53-52(59(65(7,8)9)48-29-19-20-30-49(48)60(53)66(10,11)12)39-55(57)67-61-54(51-32-23-31-50-47-28-21-22-33-56(47)70(67)62(50)51)37-46(38-58(61)69)68(43-24-15-13-16-25-43)44-26-17-14-18-27-44/h13-40H,1-12H3. The number of rotatable bonds is 4. The number of hydrogen-bond donors (Lipinski definition) is 0. The average Bonchev–Trinajstić information content (AvgIpc) is 3.65. The van der Waals surface area contributed by atoms with Crippen LogP contribution in [0.2, 0.25) is 0 Å². The molecule has 4 heteroatoms. The molecule has 0 amide bonds. The lowest BCUT2D eigenvalue weighted by atomic mass is 9.44. The maximum atomic E-state index is 2.72. The highest BCUT2D eigenvalue weighted by atomic mass is 15.2. The lowest BCUT2D eigenvalue weighted by molar-refractivity contribution is 0.569. The molecule has 70 heavy (non-hydrogen) atoms. The van der Waals surface area contributed by atoms with E-state index in [0.29, 0.717) is 0 Å². The van der Waals surface area contributed by atoms with E-state index < -0.39 is 0 Å². The first-order valence-corrected chi connectivity index (χ1v) is 25.4. The second-order valence-electron chi connectivity index (χ2n) is 24.3. The van der Waals surface area contributed by atoms with E-state index >= 15 is 0 Å². The van der Waals surface area contributed by atoms with E-state index in [4.69, 9.17) is 0 Å². The molecule has 0 aliphatic carbocycles. The van der Waals surface area contributed by atoms with Crippen molar-refractivity contribution in [3.63, 3.8) is 0 Å². The summed E-state index contributed by atoms with van der Waals surface area (Å²) in [5.74, 6) is 0. The zero-order valence-electron chi connectivity index (χ0n) is 43.1. The van der Waals surface area contributed by atoms with E-state index in [1.165, 1.54) is 105 Å². The van der Waals surface area contributed by atoms with Gasteiger partial charge in [-0.15, -0.1) is 0 Å². The molecule has 0 unspecified atom stereocenters. The maximum Gasteiger partial charge on any atom is 0.333 e. The minimum absolute atomic E-state index is 0.0895. The molecule has 2 aliphatic rings. The van der Waals surface area contributed by atoms with Crippen LogP contribution in [-0.2, 0) is 21.7 Å². The van der Waals surface area contributed by atoms with E-state index in [1.54, 1.807) is 0 Å². The predicted octanol–water partition coefficient (Wildman–Crippen LogP) is 17.2. The van der Waals surface area contributed by atoms with Crippen molar-refractivity contribution < 1.29 is 0 Å². The molecule has 0 fully saturated rings. The third-order valence-electron chi connectivity index (χ3n) is 15.3. The van der Waals surface area contributed by atoms with Gasteiger partial charge in [0.15, 0.2) is 0 Å². The number of benzene rings is 9. The summed E-state index contributed by atoms with van der Waals surface area (Å²) in [5.41, 5.74) is 19.8. The molecule has 346 valence electrons. The third kappa shape index (κ3) is 6.69. The van der Waals surface area contributed by atoms with E-state index in [-0.39, 0.29) is 28.5 Å². The molecule has 0 bridgehead atoms. The number of anilines is 6. The van der Waals surface area contributed by atoms with Gasteiger partial charge in [0.1, 0.15) is 0 Å². The SMILES string of the molecule is CC(C)(C)c1cc(N2c3cc4c(C(C)(C)C)c5ccccc5c(C(C)(C)C)c4cc3B3c4c(cc(N(c5ccccc5)c5ccccc5)cc42)-c2cccc4c5ccccc5n3c24)cc(C(C)(C)C)c1. The van der Waals surface area contributed by atoms with Gasteiger partial charge in [-0.05, 0) is 143 Å². The number of aromatic nitrogens is 1. The van der Waals surface area contributed by atoms with Gasteiger partial charge in [-0.1, -0.05) is 192 Å². The predicted molar refractivity (Wildman–Crippen MR) is 304 cm³/mol. The molecule has 3 heterocycles. The van der Waals surface area contributed by atoms with Crippen molar-refractivity contribution in [3.8, 4) is 11.1 Å². The van der Waals surface area contributed by atoms with Crippen LogP contribution in [0.15, 0.2) is 170 Å². The smallest absolute Gasteiger partial charge is 0.333 e. The lowest BCUT2D eigenvalue weighted by Crippen LogP contribution is -2.56. The Morgan fingerprint density at radius 2 is 0.900 bits per heavy atom. The first-order chi connectivity index (χ1) is 33.3. The number of para-hydroxylation sites is 4. The summed E-state index contributed by atoms with van der Waals surface area (Å²) in [6.45, 7) is 28.5. The van der Waals surface area contributed by atoms with Crippen molar-refractivity contribution in [2.24, 2.45) is 0 Å². The van der Waals surface area contributed by atoms with Gasteiger partial charge in [-0.2, -0.15) is 0 Å². The van der Waals surface area contributed by atoms with Crippen LogP contribution in [0.1, 0.15) is 105 Å². The minimum Gasteiger partial charge on any atom is -0.375 e. The number of hydrogen-bond acceptors (Lipinski definition) is 2. The first-order valence-electron chi connectivity index (χ1n) is 25.4. The normalized spacial score (nSPS) is 13.7. The topological polar surface area (TPSA) is 11.4 Å². The van der Waals surface area contributed by atoms with Gasteiger partial charge in [-0.3, -0.25) is 0 Å². The summed E-state index contributed by atoms with van der Waals surface area (Å²) < 4.78 is 2.72. The van der Waals surface area contributed by atoms with E-state index in [0.717, 1.165) is 17.1 Å². The van der Waals surface area contributed by atoms with Crippen LogP contribution in [0.4, 0.5) is 34.1 Å². The highest BCUT2D eigenvalue weighted by Gasteiger charge is 2.45. The van der Waals surface area contributed by atoms with Gasteiger partial charge in [0.25, 0.3) is 0 Å². The summed E-state index contributed by atoms with van der Waals surface area (Å²) in [5, 5.41) is 7.96. The molecule has 2 aliphatic heterocycles. The molecular formula is C66H64BN3. The maximum absolute atomic E-state index is 2.72. The van der Waals surface area contributed by atoms with Crippen molar-refractivity contribution in [3.05, 3.63) is 192 Å². The Hall–Kier alpha value is -7.04. The van der Waals surface area contributed by atoms with Crippen LogP contribution in [-0.4, -0.2) is 11.3 Å². The van der Waals surface area contributed by atoms with E-state index in [1.807, 2.05) is 0 Å². The third-order valence-corrected chi connectivity index (χ3v) is 15.3. The fourth-order valence-electron chi connectivity index (χ4n) is 12.3. The highest BCUT2D eigenvalue weighted by molar-refractivity contribution is 6.90. The molecular weight excluding hydrogens is 846 g/mol. The Morgan fingerprint density at radius 3 is 1.46 bits per heavy atom. The molecule has 0 spiro atoms. The Bertz CT molecular complexity index is 3680.